The Morgan fingerprint density at radius 2 is 2.18 bits per heavy atom. The molecule has 17 heavy (non-hydrogen) atoms. The van der Waals surface area contributed by atoms with Gasteiger partial charge < -0.3 is 14.6 Å². The fourth-order valence-corrected chi connectivity index (χ4v) is 1.80. The van der Waals surface area contributed by atoms with E-state index in [9.17, 15) is 4.79 Å². The molecule has 2 aromatic rings. The van der Waals surface area contributed by atoms with Crippen molar-refractivity contribution in [1.29, 1.82) is 0 Å². The minimum absolute atomic E-state index is 0.289. The van der Waals surface area contributed by atoms with Crippen molar-refractivity contribution in [3.05, 3.63) is 29.6 Å². The van der Waals surface area contributed by atoms with E-state index in [0.29, 0.717) is 0 Å². The van der Waals surface area contributed by atoms with Crippen LogP contribution in [0.2, 0.25) is 0 Å². The molecule has 0 aliphatic rings. The Morgan fingerprint density at radius 1 is 1.47 bits per heavy atom. The summed E-state index contributed by atoms with van der Waals surface area (Å²) in [5, 5.41) is 8.95. The van der Waals surface area contributed by atoms with E-state index < -0.39 is 5.97 Å². The number of fused-ring (bicyclic) bond motifs is 1. The molecule has 1 N–H and O–H groups in total. The molecule has 5 nitrogen and oxygen atoms in total. The van der Waals surface area contributed by atoms with Gasteiger partial charge in [0.05, 0.1) is 23.1 Å². The third-order valence-corrected chi connectivity index (χ3v) is 2.68. The highest BCUT2D eigenvalue weighted by atomic mass is 16.4. The van der Waals surface area contributed by atoms with E-state index in [1.54, 1.807) is 18.2 Å². The molecule has 0 bridgehead atoms. The van der Waals surface area contributed by atoms with Gasteiger partial charge in [-0.1, -0.05) is 0 Å². The number of imidazole rings is 1. The summed E-state index contributed by atoms with van der Waals surface area (Å²) >= 11 is 0. The molecule has 1 aromatic heterocycles. The molecule has 0 atom stereocenters. The molecule has 0 unspecified atom stereocenters. The molecule has 0 spiro atoms. The third kappa shape index (κ3) is 2.14. The molecule has 0 saturated carbocycles. The zero-order valence-corrected chi connectivity index (χ0v) is 10.1. The van der Waals surface area contributed by atoms with Crippen LogP contribution in [0.4, 0.5) is 0 Å². The summed E-state index contributed by atoms with van der Waals surface area (Å²) in [6.45, 7) is 0.730. The Hall–Kier alpha value is -1.88. The average Bonchev–Trinajstić information content (AvgIpc) is 2.55. The van der Waals surface area contributed by atoms with Crippen LogP contribution in [0, 0.1) is 0 Å². The normalized spacial score (nSPS) is 11.3. The van der Waals surface area contributed by atoms with E-state index in [0.717, 1.165) is 23.4 Å². The van der Waals surface area contributed by atoms with Crippen molar-refractivity contribution in [3.63, 3.8) is 0 Å². The number of carboxylic acids is 1. The highest BCUT2D eigenvalue weighted by Crippen LogP contribution is 2.17. The van der Waals surface area contributed by atoms with Gasteiger partial charge in [0.15, 0.2) is 0 Å². The number of rotatable bonds is 3. The van der Waals surface area contributed by atoms with Crippen LogP contribution in [-0.2, 0) is 13.6 Å². The molecular formula is C12H15N3O2. The molecular weight excluding hydrogens is 218 g/mol. The van der Waals surface area contributed by atoms with Crippen molar-refractivity contribution in [3.8, 4) is 0 Å². The van der Waals surface area contributed by atoms with E-state index >= 15 is 0 Å². The first kappa shape index (κ1) is 11.6. The first-order chi connectivity index (χ1) is 7.99. The summed E-state index contributed by atoms with van der Waals surface area (Å²) in [6, 6.07) is 4.98. The maximum Gasteiger partial charge on any atom is 0.335 e. The number of aromatic nitrogens is 2. The van der Waals surface area contributed by atoms with Crippen molar-refractivity contribution in [1.82, 2.24) is 14.5 Å². The second-order valence-electron chi connectivity index (χ2n) is 4.33. The largest absolute Gasteiger partial charge is 0.478 e. The molecule has 5 heteroatoms. The average molecular weight is 233 g/mol. The molecule has 0 aliphatic carbocycles. The molecule has 0 aliphatic heterocycles. The van der Waals surface area contributed by atoms with Gasteiger partial charge in [0.2, 0.25) is 0 Å². The number of hydrogen-bond acceptors (Lipinski definition) is 3. The zero-order valence-electron chi connectivity index (χ0n) is 10.1. The second-order valence-corrected chi connectivity index (χ2v) is 4.33. The van der Waals surface area contributed by atoms with Crippen LogP contribution in [0.1, 0.15) is 16.2 Å². The summed E-state index contributed by atoms with van der Waals surface area (Å²) in [6.07, 6.45) is 0. The van der Waals surface area contributed by atoms with Gasteiger partial charge in [-0.3, -0.25) is 0 Å². The van der Waals surface area contributed by atoms with Crippen LogP contribution in [0.3, 0.4) is 0 Å². The first-order valence-corrected chi connectivity index (χ1v) is 5.32. The van der Waals surface area contributed by atoms with Crippen LogP contribution < -0.4 is 0 Å². The SMILES string of the molecule is CN(C)Cc1nc2ccc(C(=O)O)cc2n1C. The summed E-state index contributed by atoms with van der Waals surface area (Å²) in [5.74, 6) is 0.00907. The van der Waals surface area contributed by atoms with Crippen LogP contribution in [0.5, 0.6) is 0 Å². The van der Waals surface area contributed by atoms with Crippen LogP contribution in [0.25, 0.3) is 11.0 Å². The zero-order chi connectivity index (χ0) is 12.6. The van der Waals surface area contributed by atoms with Crippen LogP contribution >= 0.6 is 0 Å². The van der Waals surface area contributed by atoms with Gasteiger partial charge in [0.25, 0.3) is 0 Å². The minimum atomic E-state index is -0.915. The van der Waals surface area contributed by atoms with Crippen LogP contribution in [-0.4, -0.2) is 39.6 Å². The minimum Gasteiger partial charge on any atom is -0.478 e. The predicted molar refractivity (Wildman–Crippen MR) is 65.1 cm³/mol. The van der Waals surface area contributed by atoms with Gasteiger partial charge in [0.1, 0.15) is 5.82 Å². The highest BCUT2D eigenvalue weighted by molar-refractivity contribution is 5.92. The lowest BCUT2D eigenvalue weighted by atomic mass is 10.2. The number of aryl methyl sites for hydroxylation is 1. The van der Waals surface area contributed by atoms with Gasteiger partial charge in [0, 0.05) is 7.05 Å². The molecule has 1 heterocycles. The molecule has 0 radical (unpaired) electrons. The fraction of sp³-hybridized carbons (Fsp3) is 0.333. The van der Waals surface area contributed by atoms with E-state index in [2.05, 4.69) is 4.98 Å². The topological polar surface area (TPSA) is 58.4 Å². The molecule has 2 rings (SSSR count). The summed E-state index contributed by atoms with van der Waals surface area (Å²) in [4.78, 5) is 17.4. The Bertz CT molecular complexity index is 572. The molecule has 90 valence electrons. The van der Waals surface area contributed by atoms with Gasteiger partial charge in [-0.25, -0.2) is 9.78 Å². The lowest BCUT2D eigenvalue weighted by molar-refractivity contribution is 0.0697. The first-order valence-electron chi connectivity index (χ1n) is 5.32. The maximum atomic E-state index is 10.9. The fourth-order valence-electron chi connectivity index (χ4n) is 1.80. The van der Waals surface area contributed by atoms with Crippen LogP contribution in [0.15, 0.2) is 18.2 Å². The van der Waals surface area contributed by atoms with E-state index in [-0.39, 0.29) is 5.56 Å². The molecule has 1 aromatic carbocycles. The van der Waals surface area contributed by atoms with Crippen molar-refractivity contribution >= 4 is 17.0 Å². The number of aromatic carboxylic acids is 1. The maximum absolute atomic E-state index is 10.9. The van der Waals surface area contributed by atoms with E-state index in [1.807, 2.05) is 30.6 Å². The van der Waals surface area contributed by atoms with Crippen molar-refractivity contribution in [2.24, 2.45) is 7.05 Å². The van der Waals surface area contributed by atoms with Gasteiger partial charge in [-0.2, -0.15) is 0 Å². The van der Waals surface area contributed by atoms with Crippen molar-refractivity contribution < 1.29 is 9.90 Å². The molecule has 0 saturated heterocycles. The van der Waals surface area contributed by atoms with E-state index in [1.165, 1.54) is 0 Å². The Labute approximate surface area is 99.3 Å². The molecule has 0 amide bonds. The quantitative estimate of drug-likeness (QED) is 0.869. The molecule has 0 fully saturated rings. The van der Waals surface area contributed by atoms with Crippen molar-refractivity contribution in [2.45, 2.75) is 6.54 Å². The Balaban J connectivity index is 2.54. The second kappa shape index (κ2) is 4.18. The standard InChI is InChI=1S/C12H15N3O2/c1-14(2)7-11-13-9-5-4-8(12(16)17)6-10(9)15(11)3/h4-6H,7H2,1-3H3,(H,16,17). The van der Waals surface area contributed by atoms with Crippen molar-refractivity contribution in [2.75, 3.05) is 14.1 Å². The number of carboxylic acid groups (broad SMARTS) is 1. The smallest absolute Gasteiger partial charge is 0.335 e. The lowest BCUT2D eigenvalue weighted by Gasteiger charge is -2.08. The third-order valence-electron chi connectivity index (χ3n) is 2.68. The summed E-state index contributed by atoms with van der Waals surface area (Å²) in [7, 11) is 5.85. The number of nitrogens with zero attached hydrogens (tertiary/aromatic N) is 3. The summed E-state index contributed by atoms with van der Waals surface area (Å²) in [5.41, 5.74) is 1.97. The summed E-state index contributed by atoms with van der Waals surface area (Å²) < 4.78 is 1.93. The van der Waals surface area contributed by atoms with Gasteiger partial charge in [-0.05, 0) is 32.3 Å². The number of benzene rings is 1. The number of hydrogen-bond donors (Lipinski definition) is 1. The number of carbonyl (C=O) groups is 1. The Morgan fingerprint density at radius 3 is 2.76 bits per heavy atom. The Kier molecular flexibility index (Phi) is 2.85. The van der Waals surface area contributed by atoms with E-state index in [4.69, 9.17) is 5.11 Å². The monoisotopic (exact) mass is 233 g/mol. The lowest BCUT2D eigenvalue weighted by Crippen LogP contribution is -2.14. The highest BCUT2D eigenvalue weighted by Gasteiger charge is 2.11. The van der Waals surface area contributed by atoms with Gasteiger partial charge >= 0.3 is 5.97 Å². The van der Waals surface area contributed by atoms with Gasteiger partial charge in [-0.15, -0.1) is 0 Å². The predicted octanol–water partition coefficient (Wildman–Crippen LogP) is 1.33.